The zero-order chi connectivity index (χ0) is 16.1. The van der Waals surface area contributed by atoms with Crippen molar-refractivity contribution >= 4 is 11.6 Å². The Morgan fingerprint density at radius 3 is 2.70 bits per heavy atom. The van der Waals surface area contributed by atoms with Crippen LogP contribution in [-0.4, -0.2) is 15.9 Å². The van der Waals surface area contributed by atoms with E-state index in [9.17, 15) is 4.79 Å². The number of rotatable bonds is 5. The number of amides is 1. The fourth-order valence-corrected chi connectivity index (χ4v) is 2.25. The Hall–Kier alpha value is -3.21. The zero-order valence-electron chi connectivity index (χ0n) is 12.4. The predicted octanol–water partition coefficient (Wildman–Crippen LogP) is 2.85. The van der Waals surface area contributed by atoms with Gasteiger partial charge in [-0.3, -0.25) is 14.8 Å². The van der Waals surface area contributed by atoms with Crippen LogP contribution >= 0.6 is 0 Å². The van der Waals surface area contributed by atoms with E-state index in [1.54, 1.807) is 30.7 Å². The lowest BCUT2D eigenvalue weighted by Gasteiger charge is -2.08. The summed E-state index contributed by atoms with van der Waals surface area (Å²) < 4.78 is 0. The second kappa shape index (κ2) is 6.70. The summed E-state index contributed by atoms with van der Waals surface area (Å²) in [6, 6.07) is 13.1. The number of pyridine rings is 2. The van der Waals surface area contributed by atoms with E-state index in [-0.39, 0.29) is 0 Å². The Morgan fingerprint density at radius 2 is 1.91 bits per heavy atom. The number of nitrogens with zero attached hydrogens (tertiary/aromatic N) is 2. The molecule has 0 saturated heterocycles. The van der Waals surface area contributed by atoms with Crippen LogP contribution in [-0.2, 0) is 6.54 Å². The first-order valence-electron chi connectivity index (χ1n) is 7.20. The van der Waals surface area contributed by atoms with E-state index in [1.165, 1.54) is 0 Å². The fraction of sp³-hybridized carbons (Fsp3) is 0.0556. The number of aromatic nitrogens is 2. The minimum atomic E-state index is -0.439. The fourth-order valence-electron chi connectivity index (χ4n) is 2.25. The third kappa shape index (κ3) is 3.71. The second-order valence-corrected chi connectivity index (χ2v) is 5.12. The van der Waals surface area contributed by atoms with Crippen molar-refractivity contribution in [1.82, 2.24) is 9.97 Å². The molecule has 3 rings (SSSR count). The van der Waals surface area contributed by atoms with Crippen LogP contribution in [0.4, 0.5) is 5.69 Å². The molecule has 0 aliphatic rings. The molecule has 5 nitrogen and oxygen atoms in total. The molecule has 0 fully saturated rings. The van der Waals surface area contributed by atoms with Crippen LogP contribution < -0.4 is 11.1 Å². The molecule has 1 aromatic carbocycles. The second-order valence-electron chi connectivity index (χ2n) is 5.12. The van der Waals surface area contributed by atoms with Gasteiger partial charge in [-0.1, -0.05) is 18.2 Å². The van der Waals surface area contributed by atoms with Gasteiger partial charge in [0.25, 0.3) is 0 Å². The molecule has 0 bridgehead atoms. The van der Waals surface area contributed by atoms with Crippen LogP contribution in [0.2, 0.25) is 0 Å². The van der Waals surface area contributed by atoms with Crippen molar-refractivity contribution < 1.29 is 4.79 Å². The van der Waals surface area contributed by atoms with Crippen molar-refractivity contribution in [2.75, 3.05) is 5.32 Å². The molecule has 2 aromatic heterocycles. The summed E-state index contributed by atoms with van der Waals surface area (Å²) >= 11 is 0. The van der Waals surface area contributed by atoms with E-state index < -0.39 is 5.91 Å². The van der Waals surface area contributed by atoms with Gasteiger partial charge in [0.15, 0.2) is 0 Å². The number of nitrogens with one attached hydrogen (secondary N) is 1. The number of carbonyl (C=O) groups is 1. The van der Waals surface area contributed by atoms with Crippen LogP contribution in [0.25, 0.3) is 11.1 Å². The number of hydrogen-bond acceptors (Lipinski definition) is 4. The largest absolute Gasteiger partial charge is 0.380 e. The quantitative estimate of drug-likeness (QED) is 0.759. The van der Waals surface area contributed by atoms with Gasteiger partial charge in [-0.25, -0.2) is 0 Å². The van der Waals surface area contributed by atoms with Crippen LogP contribution in [0.3, 0.4) is 0 Å². The molecule has 0 radical (unpaired) electrons. The lowest BCUT2D eigenvalue weighted by atomic mass is 10.0. The van der Waals surface area contributed by atoms with E-state index >= 15 is 0 Å². The standard InChI is InChI=1S/C18H16N4O/c19-18(23)15-5-1-4-14(7-15)16-8-17(12-21-11-16)22-10-13-3-2-6-20-9-13/h1-9,11-12,22H,10H2,(H2,19,23). The van der Waals surface area contributed by atoms with Gasteiger partial charge in [0.1, 0.15) is 0 Å². The molecule has 0 aliphatic carbocycles. The predicted molar refractivity (Wildman–Crippen MR) is 89.8 cm³/mol. The molecule has 3 aromatic rings. The maximum atomic E-state index is 11.3. The van der Waals surface area contributed by atoms with Gasteiger partial charge in [0, 0.05) is 42.5 Å². The number of carbonyl (C=O) groups excluding carboxylic acids is 1. The summed E-state index contributed by atoms with van der Waals surface area (Å²) in [6.07, 6.45) is 7.09. The lowest BCUT2D eigenvalue weighted by Crippen LogP contribution is -2.10. The minimum Gasteiger partial charge on any atom is -0.380 e. The Labute approximate surface area is 134 Å². The number of hydrogen-bond donors (Lipinski definition) is 2. The van der Waals surface area contributed by atoms with Crippen LogP contribution in [0.5, 0.6) is 0 Å². The van der Waals surface area contributed by atoms with Gasteiger partial charge in [-0.2, -0.15) is 0 Å². The summed E-state index contributed by atoms with van der Waals surface area (Å²) in [7, 11) is 0. The lowest BCUT2D eigenvalue weighted by molar-refractivity contribution is 0.100. The highest BCUT2D eigenvalue weighted by atomic mass is 16.1. The van der Waals surface area contributed by atoms with Crippen LogP contribution in [0.1, 0.15) is 15.9 Å². The molecule has 0 unspecified atom stereocenters. The highest BCUT2D eigenvalue weighted by Crippen LogP contribution is 2.22. The monoisotopic (exact) mass is 304 g/mol. The molecule has 23 heavy (non-hydrogen) atoms. The SMILES string of the molecule is NC(=O)c1cccc(-c2cncc(NCc3cccnc3)c2)c1. The summed E-state index contributed by atoms with van der Waals surface area (Å²) in [6.45, 7) is 0.667. The van der Waals surface area contributed by atoms with Crippen molar-refractivity contribution in [1.29, 1.82) is 0 Å². The van der Waals surface area contributed by atoms with Crippen LogP contribution in [0.15, 0.2) is 67.3 Å². The number of primary amides is 1. The van der Waals surface area contributed by atoms with Crippen molar-refractivity contribution in [3.63, 3.8) is 0 Å². The first kappa shape index (κ1) is 14.7. The smallest absolute Gasteiger partial charge is 0.248 e. The van der Waals surface area contributed by atoms with Crippen LogP contribution in [0, 0.1) is 0 Å². The van der Waals surface area contributed by atoms with E-state index in [1.807, 2.05) is 36.5 Å². The van der Waals surface area contributed by atoms with E-state index in [4.69, 9.17) is 5.73 Å². The van der Waals surface area contributed by atoms with Gasteiger partial charge in [-0.05, 0) is 35.4 Å². The van der Waals surface area contributed by atoms with Crippen molar-refractivity contribution in [3.8, 4) is 11.1 Å². The molecule has 0 atom stereocenters. The topological polar surface area (TPSA) is 80.9 Å². The summed E-state index contributed by atoms with van der Waals surface area (Å²) in [5.74, 6) is -0.439. The van der Waals surface area contributed by atoms with Gasteiger partial charge >= 0.3 is 0 Å². The molecule has 3 N–H and O–H groups in total. The molecule has 2 heterocycles. The van der Waals surface area contributed by atoms with Gasteiger partial charge < -0.3 is 11.1 Å². The van der Waals surface area contributed by atoms with Gasteiger partial charge in [-0.15, -0.1) is 0 Å². The summed E-state index contributed by atoms with van der Waals surface area (Å²) in [4.78, 5) is 19.6. The first-order chi connectivity index (χ1) is 11.2. The highest BCUT2D eigenvalue weighted by molar-refractivity contribution is 5.94. The third-order valence-electron chi connectivity index (χ3n) is 3.44. The third-order valence-corrected chi connectivity index (χ3v) is 3.44. The number of nitrogens with two attached hydrogens (primary N) is 1. The van der Waals surface area contributed by atoms with Gasteiger partial charge in [0.2, 0.25) is 5.91 Å². The highest BCUT2D eigenvalue weighted by Gasteiger charge is 2.04. The Morgan fingerprint density at radius 1 is 1.00 bits per heavy atom. The zero-order valence-corrected chi connectivity index (χ0v) is 12.4. The molecule has 114 valence electrons. The van der Waals surface area contributed by atoms with Gasteiger partial charge in [0.05, 0.1) is 5.69 Å². The molecule has 1 amide bonds. The summed E-state index contributed by atoms with van der Waals surface area (Å²) in [5.41, 5.74) is 9.63. The van der Waals surface area contributed by atoms with E-state index in [0.717, 1.165) is 22.4 Å². The molecule has 5 heteroatoms. The molecule has 0 saturated carbocycles. The summed E-state index contributed by atoms with van der Waals surface area (Å²) in [5, 5.41) is 3.31. The maximum absolute atomic E-state index is 11.3. The van der Waals surface area contributed by atoms with E-state index in [0.29, 0.717) is 12.1 Å². The molecule has 0 spiro atoms. The average molecular weight is 304 g/mol. The van der Waals surface area contributed by atoms with Crippen molar-refractivity contribution in [3.05, 3.63) is 78.4 Å². The van der Waals surface area contributed by atoms with Crippen molar-refractivity contribution in [2.45, 2.75) is 6.54 Å². The minimum absolute atomic E-state index is 0.439. The first-order valence-corrected chi connectivity index (χ1v) is 7.20. The molecule has 0 aliphatic heterocycles. The maximum Gasteiger partial charge on any atom is 0.248 e. The normalized spacial score (nSPS) is 10.3. The molecular weight excluding hydrogens is 288 g/mol. The molecular formula is C18H16N4O. The van der Waals surface area contributed by atoms with E-state index in [2.05, 4.69) is 15.3 Å². The number of benzene rings is 1. The van der Waals surface area contributed by atoms with Crippen molar-refractivity contribution in [2.24, 2.45) is 5.73 Å². The Kier molecular flexibility index (Phi) is 4.29. The average Bonchev–Trinajstić information content (AvgIpc) is 2.61. The Bertz CT molecular complexity index is 818. The Balaban J connectivity index is 1.80. The number of anilines is 1.